The third-order valence-corrected chi connectivity index (χ3v) is 3.31. The van der Waals surface area contributed by atoms with Gasteiger partial charge in [0.1, 0.15) is 5.71 Å². The van der Waals surface area contributed by atoms with E-state index in [0.717, 1.165) is 5.69 Å². The molecule has 0 unspecified atom stereocenters. The molecule has 2 aromatic carbocycles. The zero-order valence-electron chi connectivity index (χ0n) is 13.6. The van der Waals surface area contributed by atoms with Crippen LogP contribution in [0.1, 0.15) is 36.7 Å². The fourth-order valence-corrected chi connectivity index (χ4v) is 2.03. The molecule has 0 fully saturated rings. The van der Waals surface area contributed by atoms with Crippen LogP contribution in [-0.4, -0.2) is 11.5 Å². The van der Waals surface area contributed by atoms with Crippen LogP contribution in [0.3, 0.4) is 0 Å². The van der Waals surface area contributed by atoms with Crippen molar-refractivity contribution in [3.8, 4) is 0 Å². The molecule has 2 rings (SSSR count). The highest BCUT2D eigenvalue weighted by Crippen LogP contribution is 2.20. The number of carbonyl (C=O) groups excluding carboxylic acids is 1. The smallest absolute Gasteiger partial charge is 0.209 e. The van der Waals surface area contributed by atoms with E-state index in [4.69, 9.17) is 0 Å². The van der Waals surface area contributed by atoms with Crippen LogP contribution in [0.4, 0.5) is 5.69 Å². The largest absolute Gasteiger partial charge is 0.287 e. The molecular formula is C19H22N2O. The van der Waals surface area contributed by atoms with Crippen molar-refractivity contribution in [2.75, 3.05) is 5.43 Å². The molecule has 0 spiro atoms. The maximum atomic E-state index is 12.7. The second-order valence-corrected chi connectivity index (χ2v) is 6.38. The first kappa shape index (κ1) is 16.0. The molecule has 0 heterocycles. The van der Waals surface area contributed by atoms with E-state index in [1.165, 1.54) is 5.56 Å². The van der Waals surface area contributed by atoms with Gasteiger partial charge in [-0.2, -0.15) is 5.10 Å². The molecule has 0 atom stereocenters. The number of ketones is 1. The van der Waals surface area contributed by atoms with E-state index < -0.39 is 0 Å². The highest BCUT2D eigenvalue weighted by atomic mass is 16.1. The number of hydrazone groups is 1. The van der Waals surface area contributed by atoms with Crippen LogP contribution < -0.4 is 5.43 Å². The van der Waals surface area contributed by atoms with Gasteiger partial charge in [-0.05, 0) is 19.1 Å². The minimum Gasteiger partial charge on any atom is -0.287 e. The molecule has 114 valence electrons. The van der Waals surface area contributed by atoms with Gasteiger partial charge in [-0.1, -0.05) is 68.8 Å². The Bertz CT molecular complexity index is 665. The Kier molecular flexibility index (Phi) is 4.76. The lowest BCUT2D eigenvalue weighted by Crippen LogP contribution is -2.30. The fraction of sp³-hybridized carbons (Fsp3) is 0.263. The first-order chi connectivity index (χ1) is 10.4. The minimum absolute atomic E-state index is 0.0484. The van der Waals surface area contributed by atoms with Crippen LogP contribution in [-0.2, 0) is 0 Å². The molecule has 1 N–H and O–H groups in total. The summed E-state index contributed by atoms with van der Waals surface area (Å²) in [7, 11) is 0. The van der Waals surface area contributed by atoms with E-state index in [-0.39, 0.29) is 11.2 Å². The molecule has 0 aliphatic carbocycles. The van der Waals surface area contributed by atoms with Crippen LogP contribution in [0.2, 0.25) is 0 Å². The van der Waals surface area contributed by atoms with Gasteiger partial charge in [0.2, 0.25) is 5.78 Å². The van der Waals surface area contributed by atoms with Gasteiger partial charge in [-0.25, -0.2) is 0 Å². The number of aryl methyl sites for hydroxylation is 1. The topological polar surface area (TPSA) is 41.5 Å². The Balaban J connectivity index is 2.28. The lowest BCUT2D eigenvalue weighted by atomic mass is 9.85. The second kappa shape index (κ2) is 6.56. The third-order valence-electron chi connectivity index (χ3n) is 3.31. The number of hydrogen-bond acceptors (Lipinski definition) is 3. The van der Waals surface area contributed by atoms with Crippen molar-refractivity contribution in [3.63, 3.8) is 0 Å². The van der Waals surface area contributed by atoms with Crippen LogP contribution >= 0.6 is 0 Å². The summed E-state index contributed by atoms with van der Waals surface area (Å²) in [4.78, 5) is 12.7. The summed E-state index contributed by atoms with van der Waals surface area (Å²) in [5, 5.41) is 4.39. The van der Waals surface area contributed by atoms with Crippen molar-refractivity contribution in [1.82, 2.24) is 0 Å². The van der Waals surface area contributed by atoms with E-state index in [2.05, 4.69) is 10.5 Å². The zero-order valence-corrected chi connectivity index (χ0v) is 13.6. The predicted molar refractivity (Wildman–Crippen MR) is 92.5 cm³/mol. The normalized spacial score (nSPS) is 12.1. The summed E-state index contributed by atoms with van der Waals surface area (Å²) >= 11 is 0. The maximum absolute atomic E-state index is 12.7. The molecule has 0 saturated heterocycles. The molecule has 0 amide bonds. The van der Waals surface area contributed by atoms with Gasteiger partial charge in [-0.15, -0.1) is 0 Å². The van der Waals surface area contributed by atoms with E-state index in [1.54, 1.807) is 0 Å². The van der Waals surface area contributed by atoms with Crippen LogP contribution in [0.5, 0.6) is 0 Å². The molecule has 0 aliphatic rings. The summed E-state index contributed by atoms with van der Waals surface area (Å²) in [6, 6.07) is 17.2. The molecular weight excluding hydrogens is 272 g/mol. The monoisotopic (exact) mass is 294 g/mol. The van der Waals surface area contributed by atoms with Gasteiger partial charge < -0.3 is 0 Å². The zero-order chi connectivity index (χ0) is 16.2. The Labute approximate surface area is 132 Å². The maximum Gasteiger partial charge on any atom is 0.209 e. The lowest BCUT2D eigenvalue weighted by Gasteiger charge is -2.20. The first-order valence-corrected chi connectivity index (χ1v) is 7.38. The van der Waals surface area contributed by atoms with Gasteiger partial charge in [0, 0.05) is 11.0 Å². The highest BCUT2D eigenvalue weighted by Gasteiger charge is 2.27. The van der Waals surface area contributed by atoms with E-state index in [9.17, 15) is 4.79 Å². The van der Waals surface area contributed by atoms with Crippen LogP contribution in [0.15, 0.2) is 59.7 Å². The van der Waals surface area contributed by atoms with Crippen molar-refractivity contribution in [2.45, 2.75) is 27.7 Å². The van der Waals surface area contributed by atoms with Gasteiger partial charge in [0.15, 0.2) is 0 Å². The Morgan fingerprint density at radius 2 is 1.55 bits per heavy atom. The van der Waals surface area contributed by atoms with Crippen molar-refractivity contribution >= 4 is 17.2 Å². The van der Waals surface area contributed by atoms with Gasteiger partial charge in [0.05, 0.1) is 5.69 Å². The number of Topliss-reactive ketones (excluding diaryl/α,β-unsaturated/α-hetero) is 1. The Morgan fingerprint density at radius 3 is 2.09 bits per heavy atom. The Morgan fingerprint density at radius 1 is 0.955 bits per heavy atom. The number of hydrogen-bond donors (Lipinski definition) is 1. The summed E-state index contributed by atoms with van der Waals surface area (Å²) in [5.74, 6) is -0.0484. The van der Waals surface area contributed by atoms with Crippen LogP contribution in [0.25, 0.3) is 0 Å². The molecule has 0 saturated carbocycles. The van der Waals surface area contributed by atoms with E-state index >= 15 is 0 Å². The number of rotatable bonds is 4. The van der Waals surface area contributed by atoms with Crippen LogP contribution in [0, 0.1) is 12.3 Å². The average molecular weight is 294 g/mol. The summed E-state index contributed by atoms with van der Waals surface area (Å²) < 4.78 is 0. The first-order valence-electron chi connectivity index (χ1n) is 7.38. The van der Waals surface area contributed by atoms with E-state index in [1.807, 2.05) is 82.3 Å². The minimum atomic E-state index is -0.343. The predicted octanol–water partition coefficient (Wildman–Crippen LogP) is 4.69. The Hall–Kier alpha value is -2.42. The number of benzene rings is 2. The van der Waals surface area contributed by atoms with Crippen molar-refractivity contribution in [1.29, 1.82) is 0 Å². The standard InChI is InChI=1S/C19H22N2O/c1-14-10-12-16(13-11-14)20-21-18(19(2,3)4)17(22)15-8-6-5-7-9-15/h5-13,20H,1-4H3/b21-18-. The molecule has 3 heteroatoms. The molecule has 0 aliphatic heterocycles. The van der Waals surface area contributed by atoms with Gasteiger partial charge >= 0.3 is 0 Å². The molecule has 0 radical (unpaired) electrons. The SMILES string of the molecule is Cc1ccc(N/N=C(/C(=O)c2ccccc2)C(C)(C)C)cc1. The molecule has 22 heavy (non-hydrogen) atoms. The van der Waals surface area contributed by atoms with Crippen molar-refractivity contribution in [2.24, 2.45) is 10.5 Å². The van der Waals surface area contributed by atoms with Crippen molar-refractivity contribution in [3.05, 3.63) is 65.7 Å². The molecule has 0 bridgehead atoms. The van der Waals surface area contributed by atoms with Gasteiger partial charge in [-0.3, -0.25) is 10.2 Å². The summed E-state index contributed by atoms with van der Waals surface area (Å²) in [6.07, 6.45) is 0. The highest BCUT2D eigenvalue weighted by molar-refractivity contribution is 6.47. The van der Waals surface area contributed by atoms with Crippen molar-refractivity contribution < 1.29 is 4.79 Å². The third kappa shape index (κ3) is 4.04. The summed E-state index contributed by atoms with van der Waals surface area (Å²) in [6.45, 7) is 8.00. The molecule has 3 nitrogen and oxygen atoms in total. The number of nitrogens with one attached hydrogen (secondary N) is 1. The molecule has 0 aromatic heterocycles. The lowest BCUT2D eigenvalue weighted by molar-refractivity contribution is 0.105. The quantitative estimate of drug-likeness (QED) is 0.505. The number of carbonyl (C=O) groups is 1. The number of nitrogens with zero attached hydrogens (tertiary/aromatic N) is 1. The van der Waals surface area contributed by atoms with Gasteiger partial charge in [0.25, 0.3) is 0 Å². The average Bonchev–Trinajstić information content (AvgIpc) is 2.49. The number of anilines is 1. The summed E-state index contributed by atoms with van der Waals surface area (Å²) in [5.41, 5.74) is 5.88. The fourth-order valence-electron chi connectivity index (χ4n) is 2.03. The second-order valence-electron chi connectivity index (χ2n) is 6.38. The molecule has 2 aromatic rings. The van der Waals surface area contributed by atoms with E-state index in [0.29, 0.717) is 11.3 Å².